The first-order valence-electron chi connectivity index (χ1n) is 7.86. The van der Waals surface area contributed by atoms with E-state index in [2.05, 4.69) is 4.79 Å². The lowest BCUT2D eigenvalue weighted by Crippen LogP contribution is -2.62. The van der Waals surface area contributed by atoms with Gasteiger partial charge in [-0.1, -0.05) is 0 Å². The fourth-order valence-corrected chi connectivity index (χ4v) is 3.91. The van der Waals surface area contributed by atoms with Crippen molar-refractivity contribution in [3.8, 4) is 0 Å². The van der Waals surface area contributed by atoms with Gasteiger partial charge < -0.3 is 15.0 Å². The number of rotatable bonds is 5. The fraction of sp³-hybridized carbons (Fsp3) is 0.294. The second kappa shape index (κ2) is 7.73. The standard InChI is InChI=1S/C17H14FN3O5S/c1-9(22)25-6-11-8-27-16-14(20-19)15(23)21(16)13(11)7-26-17(24)10-2-4-12(18)5-3-10/h2-5,16H,6-8H2,1H3/t16-/m1/s1. The van der Waals surface area contributed by atoms with E-state index in [4.69, 9.17) is 15.0 Å². The minimum Gasteiger partial charge on any atom is -0.461 e. The van der Waals surface area contributed by atoms with Crippen LogP contribution in [0.3, 0.4) is 0 Å². The van der Waals surface area contributed by atoms with Crippen molar-refractivity contribution in [2.24, 2.45) is 0 Å². The maximum Gasteiger partial charge on any atom is 0.389 e. The molecule has 2 aliphatic rings. The van der Waals surface area contributed by atoms with Crippen molar-refractivity contribution in [3.63, 3.8) is 0 Å². The molecule has 1 atom stereocenters. The summed E-state index contributed by atoms with van der Waals surface area (Å²) in [6, 6.07) is 4.85. The van der Waals surface area contributed by atoms with Gasteiger partial charge in [-0.25, -0.2) is 9.18 Å². The number of esters is 2. The molecule has 1 fully saturated rings. The van der Waals surface area contributed by atoms with Crippen LogP contribution in [0.1, 0.15) is 17.3 Å². The number of thioether (sulfide) groups is 1. The van der Waals surface area contributed by atoms with E-state index in [9.17, 15) is 18.8 Å². The molecule has 27 heavy (non-hydrogen) atoms. The van der Waals surface area contributed by atoms with E-state index in [0.29, 0.717) is 17.0 Å². The van der Waals surface area contributed by atoms with Crippen molar-refractivity contribution >= 4 is 35.3 Å². The molecule has 0 spiro atoms. The molecule has 0 saturated carbocycles. The van der Waals surface area contributed by atoms with Crippen molar-refractivity contribution in [1.29, 1.82) is 0 Å². The van der Waals surface area contributed by atoms with Gasteiger partial charge in [-0.05, 0) is 24.3 Å². The fourth-order valence-electron chi connectivity index (χ4n) is 2.62. The quantitative estimate of drug-likeness (QED) is 0.325. The number of benzene rings is 1. The zero-order valence-electron chi connectivity index (χ0n) is 14.2. The summed E-state index contributed by atoms with van der Waals surface area (Å²) in [7, 11) is 0. The molecule has 0 bridgehead atoms. The van der Waals surface area contributed by atoms with Crippen LogP contribution in [0.4, 0.5) is 4.39 Å². The number of ether oxygens (including phenoxy) is 2. The zero-order valence-corrected chi connectivity index (χ0v) is 15.0. The van der Waals surface area contributed by atoms with E-state index in [1.807, 2.05) is 0 Å². The van der Waals surface area contributed by atoms with Gasteiger partial charge in [0.25, 0.3) is 0 Å². The molecule has 0 aromatic heterocycles. The van der Waals surface area contributed by atoms with Crippen LogP contribution in [0.25, 0.3) is 5.53 Å². The van der Waals surface area contributed by atoms with Crippen LogP contribution >= 0.6 is 11.8 Å². The summed E-state index contributed by atoms with van der Waals surface area (Å²) in [5.74, 6) is -1.75. The topological polar surface area (TPSA) is 109 Å². The van der Waals surface area contributed by atoms with Gasteiger partial charge in [0.2, 0.25) is 0 Å². The zero-order chi connectivity index (χ0) is 19.6. The highest BCUT2D eigenvalue weighted by Gasteiger charge is 2.56. The third-order valence-electron chi connectivity index (χ3n) is 4.00. The lowest BCUT2D eigenvalue weighted by Gasteiger charge is -2.41. The van der Waals surface area contributed by atoms with Crippen LogP contribution < -0.4 is 0 Å². The van der Waals surface area contributed by atoms with E-state index in [1.54, 1.807) is 0 Å². The summed E-state index contributed by atoms with van der Waals surface area (Å²) in [6.07, 6.45) is 0. The molecule has 0 N–H and O–H groups in total. The Morgan fingerprint density at radius 1 is 1.30 bits per heavy atom. The molecule has 0 radical (unpaired) electrons. The first kappa shape index (κ1) is 18.8. The van der Waals surface area contributed by atoms with Gasteiger partial charge in [0.1, 0.15) is 19.0 Å². The summed E-state index contributed by atoms with van der Waals surface area (Å²) >= 11 is 1.33. The van der Waals surface area contributed by atoms with Gasteiger partial charge in [0.05, 0.1) is 11.3 Å². The summed E-state index contributed by atoms with van der Waals surface area (Å²) in [5, 5.41) is -0.483. The Balaban J connectivity index is 1.79. The highest BCUT2D eigenvalue weighted by molar-refractivity contribution is 8.01. The maximum atomic E-state index is 13.0. The molecule has 1 aromatic rings. The molecule has 2 heterocycles. The number of β-lactam (4-membered cyclic amide) rings is 1. The molecular weight excluding hydrogens is 377 g/mol. The third kappa shape index (κ3) is 3.76. The number of hydrogen-bond acceptors (Lipinski definition) is 6. The lowest BCUT2D eigenvalue weighted by molar-refractivity contribution is -0.140. The van der Waals surface area contributed by atoms with Crippen LogP contribution in [-0.2, 0) is 19.1 Å². The first-order valence-corrected chi connectivity index (χ1v) is 8.91. The van der Waals surface area contributed by atoms with Crippen LogP contribution in [0, 0.1) is 5.82 Å². The SMILES string of the molecule is CC(=O)OCC1=C(COC(=O)c2ccc(F)cc2)N2C(=O)C(=[N+]=[N-])[C@H]2SC1. The van der Waals surface area contributed by atoms with Crippen molar-refractivity contribution < 1.29 is 33.0 Å². The van der Waals surface area contributed by atoms with Gasteiger partial charge >= 0.3 is 23.6 Å². The summed E-state index contributed by atoms with van der Waals surface area (Å²) in [4.78, 5) is 39.8. The number of hydrogen-bond donors (Lipinski definition) is 0. The Morgan fingerprint density at radius 2 is 2.00 bits per heavy atom. The monoisotopic (exact) mass is 391 g/mol. The van der Waals surface area contributed by atoms with Gasteiger partial charge in [0.15, 0.2) is 5.37 Å². The van der Waals surface area contributed by atoms with Crippen LogP contribution in [0.5, 0.6) is 0 Å². The molecule has 1 saturated heterocycles. The minimum absolute atomic E-state index is 0.00824. The number of carbonyl (C=O) groups excluding carboxylic acids is 3. The van der Waals surface area contributed by atoms with Gasteiger partial charge in [0, 0.05) is 18.2 Å². The van der Waals surface area contributed by atoms with Crippen LogP contribution in [-0.4, -0.2) is 57.6 Å². The van der Waals surface area contributed by atoms with Crippen molar-refractivity contribution in [2.75, 3.05) is 19.0 Å². The molecule has 0 unspecified atom stereocenters. The van der Waals surface area contributed by atoms with Gasteiger partial charge in [-0.2, -0.15) is 4.79 Å². The predicted molar refractivity (Wildman–Crippen MR) is 92.1 cm³/mol. The second-order valence-corrected chi connectivity index (χ2v) is 6.81. The van der Waals surface area contributed by atoms with Crippen molar-refractivity contribution in [2.45, 2.75) is 12.3 Å². The smallest absolute Gasteiger partial charge is 0.389 e. The molecule has 0 aliphatic carbocycles. The molecule has 1 amide bonds. The Morgan fingerprint density at radius 3 is 2.63 bits per heavy atom. The van der Waals surface area contributed by atoms with Gasteiger partial charge in [-0.3, -0.25) is 14.5 Å². The maximum absolute atomic E-state index is 13.0. The van der Waals surface area contributed by atoms with Crippen molar-refractivity contribution in [3.05, 3.63) is 52.4 Å². The molecule has 10 heteroatoms. The highest BCUT2D eigenvalue weighted by Crippen LogP contribution is 2.38. The van der Waals surface area contributed by atoms with E-state index in [-0.39, 0.29) is 24.5 Å². The van der Waals surface area contributed by atoms with E-state index in [0.717, 1.165) is 12.1 Å². The average molecular weight is 391 g/mol. The van der Waals surface area contributed by atoms with E-state index >= 15 is 0 Å². The minimum atomic E-state index is -0.687. The van der Waals surface area contributed by atoms with Crippen LogP contribution in [0.15, 0.2) is 35.5 Å². The average Bonchev–Trinajstić information content (AvgIpc) is 2.65. The van der Waals surface area contributed by atoms with Gasteiger partial charge in [-0.15, -0.1) is 11.8 Å². The molecule has 2 aliphatic heterocycles. The molecule has 140 valence electrons. The Bertz CT molecular complexity index is 892. The number of amides is 1. The van der Waals surface area contributed by atoms with E-state index in [1.165, 1.54) is 35.7 Å². The Kier molecular flexibility index (Phi) is 5.38. The molecule has 8 nitrogen and oxygen atoms in total. The third-order valence-corrected chi connectivity index (χ3v) is 5.26. The predicted octanol–water partition coefficient (Wildman–Crippen LogP) is 1.39. The number of fused-ring (bicyclic) bond motifs is 1. The molecular formula is C17H14FN3O5S. The normalized spacial score (nSPS) is 18.4. The summed E-state index contributed by atoms with van der Waals surface area (Å²) in [6.45, 7) is 0.973. The number of halogens is 1. The lowest BCUT2D eigenvalue weighted by atomic mass is 10.1. The largest absolute Gasteiger partial charge is 0.461 e. The second-order valence-electron chi connectivity index (χ2n) is 5.74. The number of carbonyl (C=O) groups is 3. The number of nitrogens with zero attached hydrogens (tertiary/aromatic N) is 3. The van der Waals surface area contributed by atoms with Crippen LogP contribution in [0.2, 0.25) is 0 Å². The van der Waals surface area contributed by atoms with E-state index < -0.39 is 29.0 Å². The summed E-state index contributed by atoms with van der Waals surface area (Å²) in [5.41, 5.74) is 10.1. The van der Waals surface area contributed by atoms with Crippen molar-refractivity contribution in [1.82, 2.24) is 4.90 Å². The Hall–Kier alpha value is -2.97. The molecule has 3 rings (SSSR count). The summed E-state index contributed by atoms with van der Waals surface area (Å²) < 4.78 is 23.2. The first-order chi connectivity index (χ1) is 12.9. The highest BCUT2D eigenvalue weighted by atomic mass is 32.2. The Labute approximate surface area is 157 Å². The molecule has 1 aromatic carbocycles.